The first-order chi connectivity index (χ1) is 11.4. The van der Waals surface area contributed by atoms with Gasteiger partial charge in [-0.15, -0.1) is 0 Å². The van der Waals surface area contributed by atoms with Crippen LogP contribution in [0.4, 0.5) is 5.82 Å². The number of H-pyrrole nitrogens is 1. The van der Waals surface area contributed by atoms with Crippen LogP contribution < -0.4 is 10.2 Å². The van der Waals surface area contributed by atoms with Crippen molar-refractivity contribution < 1.29 is 0 Å². The fourth-order valence-corrected chi connectivity index (χ4v) is 2.61. The summed E-state index contributed by atoms with van der Waals surface area (Å²) in [6.45, 7) is 4.71. The molecule has 2 aliphatic heterocycles. The van der Waals surface area contributed by atoms with Gasteiger partial charge in [-0.3, -0.25) is 5.10 Å². The Balaban J connectivity index is 0.000000297. The van der Waals surface area contributed by atoms with Gasteiger partial charge in [-0.05, 0) is 38.1 Å². The Bertz CT molecular complexity index is 768. The minimum atomic E-state index is 0.795. The van der Waals surface area contributed by atoms with Gasteiger partial charge in [0.25, 0.3) is 0 Å². The van der Waals surface area contributed by atoms with E-state index in [1.54, 1.807) is 0 Å². The summed E-state index contributed by atoms with van der Waals surface area (Å²) < 4.78 is 0. The van der Waals surface area contributed by atoms with Crippen LogP contribution in [0.2, 0.25) is 0 Å². The van der Waals surface area contributed by atoms with Crippen molar-refractivity contribution in [3.8, 4) is 11.3 Å². The third-order valence-corrected chi connectivity index (χ3v) is 4.35. The summed E-state index contributed by atoms with van der Waals surface area (Å²) >= 11 is 0. The van der Waals surface area contributed by atoms with Crippen LogP contribution in [0.15, 0.2) is 42.5 Å². The van der Waals surface area contributed by atoms with Gasteiger partial charge in [0, 0.05) is 24.0 Å². The maximum absolute atomic E-state index is 4.63. The highest BCUT2D eigenvalue weighted by Crippen LogP contribution is 2.27. The predicted molar refractivity (Wildman–Crippen MR) is 93.6 cm³/mol. The first-order valence-electron chi connectivity index (χ1n) is 8.28. The van der Waals surface area contributed by atoms with Crippen molar-refractivity contribution in [3.05, 3.63) is 42.5 Å². The van der Waals surface area contributed by atoms with E-state index in [1.165, 1.54) is 25.9 Å². The molecule has 2 saturated heterocycles. The minimum Gasteiger partial charge on any atom is -0.356 e. The van der Waals surface area contributed by atoms with E-state index in [0.717, 1.165) is 41.2 Å². The summed E-state index contributed by atoms with van der Waals surface area (Å²) in [4.78, 5) is 6.90. The lowest BCUT2D eigenvalue weighted by atomic mass is 10.1. The molecule has 5 nitrogen and oxygen atoms in total. The third-order valence-electron chi connectivity index (χ3n) is 4.35. The smallest absolute Gasteiger partial charge is 0.183 e. The molecule has 0 bridgehead atoms. The van der Waals surface area contributed by atoms with Crippen LogP contribution in [-0.2, 0) is 0 Å². The number of hydrogen-bond acceptors (Lipinski definition) is 4. The second-order valence-electron chi connectivity index (χ2n) is 5.95. The van der Waals surface area contributed by atoms with Crippen molar-refractivity contribution >= 4 is 16.9 Å². The van der Waals surface area contributed by atoms with E-state index in [0.29, 0.717) is 0 Å². The Hall–Kier alpha value is -2.40. The molecule has 5 rings (SSSR count). The second-order valence-corrected chi connectivity index (χ2v) is 5.95. The molecule has 2 N–H and O–H groups in total. The van der Waals surface area contributed by atoms with Crippen molar-refractivity contribution in [3.63, 3.8) is 0 Å². The molecule has 1 aromatic carbocycles. The summed E-state index contributed by atoms with van der Waals surface area (Å²) in [5.41, 5.74) is 2.98. The lowest BCUT2D eigenvalue weighted by Gasteiger charge is -2.31. The molecule has 2 fully saturated rings. The average molecular weight is 307 g/mol. The Morgan fingerprint density at radius 3 is 2.26 bits per heavy atom. The number of nitrogens with one attached hydrogen (secondary N) is 2. The summed E-state index contributed by atoms with van der Waals surface area (Å²) in [5, 5.41) is 11.6. The SMILES string of the molecule is C1CNC1.c1ccc(-c2[nH]nc3nc(N4CCC4)ccc23)cc1. The number of anilines is 1. The topological polar surface area (TPSA) is 56.8 Å². The molecule has 5 heteroatoms. The van der Waals surface area contributed by atoms with Gasteiger partial charge < -0.3 is 10.2 Å². The van der Waals surface area contributed by atoms with Crippen molar-refractivity contribution in [1.82, 2.24) is 20.5 Å². The van der Waals surface area contributed by atoms with Gasteiger partial charge in [0.1, 0.15) is 5.82 Å². The van der Waals surface area contributed by atoms with Gasteiger partial charge in [0.2, 0.25) is 0 Å². The van der Waals surface area contributed by atoms with E-state index in [9.17, 15) is 0 Å². The largest absolute Gasteiger partial charge is 0.356 e. The molecule has 23 heavy (non-hydrogen) atoms. The molecular weight excluding hydrogens is 286 g/mol. The number of aromatic nitrogens is 3. The van der Waals surface area contributed by atoms with Gasteiger partial charge in [-0.2, -0.15) is 5.10 Å². The Labute approximate surface area is 135 Å². The van der Waals surface area contributed by atoms with E-state index < -0.39 is 0 Å². The normalized spacial score (nSPS) is 16.3. The monoisotopic (exact) mass is 307 g/mol. The summed E-state index contributed by atoms with van der Waals surface area (Å²) in [7, 11) is 0. The van der Waals surface area contributed by atoms with Crippen LogP contribution in [0, 0.1) is 0 Å². The number of pyridine rings is 1. The first-order valence-corrected chi connectivity index (χ1v) is 8.28. The van der Waals surface area contributed by atoms with E-state index in [4.69, 9.17) is 0 Å². The summed E-state index contributed by atoms with van der Waals surface area (Å²) in [6, 6.07) is 14.4. The maximum Gasteiger partial charge on any atom is 0.183 e. The fraction of sp³-hybridized carbons (Fsp3) is 0.333. The molecule has 0 atom stereocenters. The predicted octanol–water partition coefficient (Wildman–Crippen LogP) is 2.81. The molecule has 0 radical (unpaired) electrons. The van der Waals surface area contributed by atoms with Crippen LogP contribution in [0.5, 0.6) is 0 Å². The molecule has 2 aromatic heterocycles. The number of aromatic amines is 1. The zero-order valence-electron chi connectivity index (χ0n) is 13.1. The first kappa shape index (κ1) is 14.2. The van der Waals surface area contributed by atoms with Crippen LogP contribution in [-0.4, -0.2) is 41.4 Å². The fourth-order valence-electron chi connectivity index (χ4n) is 2.61. The highest BCUT2D eigenvalue weighted by atomic mass is 15.2. The Kier molecular flexibility index (Phi) is 3.94. The van der Waals surface area contributed by atoms with Crippen LogP contribution in [0.25, 0.3) is 22.3 Å². The minimum absolute atomic E-state index is 0.795. The number of fused-ring (bicyclic) bond motifs is 1. The highest BCUT2D eigenvalue weighted by Gasteiger charge is 2.17. The van der Waals surface area contributed by atoms with Gasteiger partial charge in [0.05, 0.1) is 5.69 Å². The van der Waals surface area contributed by atoms with Crippen LogP contribution in [0.3, 0.4) is 0 Å². The van der Waals surface area contributed by atoms with Crippen LogP contribution in [0.1, 0.15) is 12.8 Å². The van der Waals surface area contributed by atoms with Gasteiger partial charge >= 0.3 is 0 Å². The van der Waals surface area contributed by atoms with Gasteiger partial charge in [0.15, 0.2) is 5.65 Å². The van der Waals surface area contributed by atoms with E-state index >= 15 is 0 Å². The van der Waals surface area contributed by atoms with Crippen molar-refractivity contribution in [1.29, 1.82) is 0 Å². The highest BCUT2D eigenvalue weighted by molar-refractivity contribution is 5.91. The molecule has 0 unspecified atom stereocenters. The lowest BCUT2D eigenvalue weighted by Crippen LogP contribution is -2.37. The van der Waals surface area contributed by atoms with Gasteiger partial charge in [-0.1, -0.05) is 30.3 Å². The van der Waals surface area contributed by atoms with Crippen LogP contribution >= 0.6 is 0 Å². The number of rotatable bonds is 2. The van der Waals surface area contributed by atoms with Crippen molar-refractivity contribution in [2.75, 3.05) is 31.1 Å². The zero-order chi connectivity index (χ0) is 15.5. The molecule has 4 heterocycles. The molecule has 3 aromatic rings. The Morgan fingerprint density at radius 1 is 0.913 bits per heavy atom. The number of hydrogen-bond donors (Lipinski definition) is 2. The quantitative estimate of drug-likeness (QED) is 0.764. The summed E-state index contributed by atoms with van der Waals surface area (Å²) in [6.07, 6.45) is 2.65. The van der Waals surface area contributed by atoms with Crippen molar-refractivity contribution in [2.45, 2.75) is 12.8 Å². The number of benzene rings is 1. The molecular formula is C18H21N5. The Morgan fingerprint density at radius 2 is 1.65 bits per heavy atom. The third kappa shape index (κ3) is 2.92. The molecule has 118 valence electrons. The standard InChI is InChI=1S/C15H14N4.C3H7N/c1-2-5-11(6-3-1)14-12-7-8-13(19-9-4-10-19)16-15(12)18-17-14;1-2-4-3-1/h1-3,5-8H,4,9-10H2,(H,16,17,18);4H,1-3H2. The van der Waals surface area contributed by atoms with E-state index in [2.05, 4.69) is 49.7 Å². The molecule has 0 aliphatic carbocycles. The summed E-state index contributed by atoms with van der Waals surface area (Å²) in [5.74, 6) is 1.03. The average Bonchev–Trinajstić information content (AvgIpc) is 2.88. The van der Waals surface area contributed by atoms with Crippen molar-refractivity contribution in [2.24, 2.45) is 0 Å². The second kappa shape index (κ2) is 6.38. The maximum atomic E-state index is 4.63. The zero-order valence-corrected chi connectivity index (χ0v) is 13.1. The molecule has 0 spiro atoms. The van der Waals surface area contributed by atoms with E-state index in [-0.39, 0.29) is 0 Å². The van der Waals surface area contributed by atoms with Gasteiger partial charge in [-0.25, -0.2) is 4.98 Å². The lowest BCUT2D eigenvalue weighted by molar-refractivity contribution is 0.527. The number of nitrogens with zero attached hydrogens (tertiary/aromatic N) is 3. The molecule has 2 aliphatic rings. The molecule has 0 saturated carbocycles. The van der Waals surface area contributed by atoms with E-state index in [1.807, 2.05) is 18.2 Å². The molecule has 0 amide bonds.